The molecule has 0 spiro atoms. The van der Waals surface area contributed by atoms with Crippen LogP contribution in [0.3, 0.4) is 0 Å². The summed E-state index contributed by atoms with van der Waals surface area (Å²) in [4.78, 5) is 13.4. The Kier molecular flexibility index (Phi) is 5.58. The van der Waals surface area contributed by atoms with Gasteiger partial charge in [0.05, 0.1) is 19.8 Å². The number of aliphatic hydroxyl groups excluding tert-OH is 2. The van der Waals surface area contributed by atoms with Gasteiger partial charge in [-0.15, -0.1) is 0 Å². The summed E-state index contributed by atoms with van der Waals surface area (Å²) in [6.07, 6.45) is -0.937. The third-order valence-electron chi connectivity index (χ3n) is 2.40. The molecule has 100 valence electrons. The van der Waals surface area contributed by atoms with Crippen molar-refractivity contribution in [2.75, 3.05) is 27.3 Å². The van der Waals surface area contributed by atoms with Crippen molar-refractivity contribution in [3.63, 3.8) is 0 Å². The molecule has 1 amide bonds. The molecule has 2 N–H and O–H groups in total. The highest BCUT2D eigenvalue weighted by molar-refractivity contribution is 9.10. The Hall–Kier alpha value is -1.11. The van der Waals surface area contributed by atoms with Crippen molar-refractivity contribution in [2.24, 2.45) is 0 Å². The van der Waals surface area contributed by atoms with Crippen LogP contribution in [0.4, 0.5) is 0 Å². The minimum absolute atomic E-state index is 0.0736. The van der Waals surface area contributed by atoms with E-state index >= 15 is 0 Å². The molecule has 18 heavy (non-hydrogen) atoms. The van der Waals surface area contributed by atoms with Crippen molar-refractivity contribution in [1.82, 2.24) is 4.90 Å². The molecule has 0 bridgehead atoms. The minimum atomic E-state index is -0.937. The van der Waals surface area contributed by atoms with Gasteiger partial charge in [0.2, 0.25) is 0 Å². The molecule has 0 fully saturated rings. The number of carbonyl (C=O) groups excluding carboxylic acids is 1. The molecule has 1 atom stereocenters. The molecule has 1 aromatic rings. The molecule has 6 heteroatoms. The minimum Gasteiger partial charge on any atom is -0.497 e. The van der Waals surface area contributed by atoms with Crippen molar-refractivity contribution in [3.05, 3.63) is 28.2 Å². The van der Waals surface area contributed by atoms with E-state index in [0.717, 1.165) is 4.47 Å². The third kappa shape index (κ3) is 3.97. The van der Waals surface area contributed by atoms with Crippen molar-refractivity contribution < 1.29 is 19.7 Å². The number of likely N-dealkylation sites (N-methyl/N-ethyl adjacent to an activating group) is 1. The zero-order valence-corrected chi connectivity index (χ0v) is 11.8. The summed E-state index contributed by atoms with van der Waals surface area (Å²) >= 11 is 3.30. The van der Waals surface area contributed by atoms with Gasteiger partial charge in [-0.25, -0.2) is 0 Å². The van der Waals surface area contributed by atoms with Gasteiger partial charge in [-0.3, -0.25) is 4.79 Å². The van der Waals surface area contributed by atoms with Crippen LogP contribution in [-0.4, -0.2) is 54.4 Å². The number of hydrogen-bond donors (Lipinski definition) is 2. The smallest absolute Gasteiger partial charge is 0.253 e. The molecule has 0 saturated heterocycles. The quantitative estimate of drug-likeness (QED) is 0.846. The highest BCUT2D eigenvalue weighted by atomic mass is 79.9. The number of methoxy groups -OCH3 is 1. The molecule has 0 aliphatic heterocycles. The summed E-state index contributed by atoms with van der Waals surface area (Å²) < 4.78 is 5.82. The van der Waals surface area contributed by atoms with E-state index in [1.165, 1.54) is 12.0 Å². The average molecular weight is 318 g/mol. The van der Waals surface area contributed by atoms with Crippen LogP contribution in [-0.2, 0) is 0 Å². The van der Waals surface area contributed by atoms with Gasteiger partial charge in [0.25, 0.3) is 5.91 Å². The molecule has 0 saturated carbocycles. The molecule has 0 aromatic heterocycles. The normalized spacial score (nSPS) is 12.1. The van der Waals surface area contributed by atoms with Crippen LogP contribution in [0.25, 0.3) is 0 Å². The first-order valence-corrected chi connectivity index (χ1v) is 6.16. The van der Waals surface area contributed by atoms with Crippen molar-refractivity contribution in [2.45, 2.75) is 6.10 Å². The van der Waals surface area contributed by atoms with Crippen LogP contribution in [0.2, 0.25) is 0 Å². The van der Waals surface area contributed by atoms with Gasteiger partial charge in [0.1, 0.15) is 5.75 Å². The van der Waals surface area contributed by atoms with E-state index in [1.807, 2.05) is 0 Å². The van der Waals surface area contributed by atoms with Gasteiger partial charge >= 0.3 is 0 Å². The Morgan fingerprint density at radius 2 is 2.17 bits per heavy atom. The van der Waals surface area contributed by atoms with Gasteiger partial charge in [-0.05, 0) is 18.2 Å². The first kappa shape index (κ1) is 14.9. The van der Waals surface area contributed by atoms with E-state index in [1.54, 1.807) is 25.2 Å². The highest BCUT2D eigenvalue weighted by Gasteiger charge is 2.16. The largest absolute Gasteiger partial charge is 0.497 e. The first-order chi connectivity index (χ1) is 8.47. The summed E-state index contributed by atoms with van der Waals surface area (Å²) in [5.74, 6) is 0.325. The average Bonchev–Trinajstić information content (AvgIpc) is 2.36. The molecule has 0 heterocycles. The molecule has 1 aromatic carbocycles. The number of nitrogens with zero attached hydrogens (tertiary/aromatic N) is 1. The van der Waals surface area contributed by atoms with Crippen molar-refractivity contribution >= 4 is 21.8 Å². The molecule has 0 radical (unpaired) electrons. The summed E-state index contributed by atoms with van der Waals surface area (Å²) in [5.41, 5.74) is 0.453. The van der Waals surface area contributed by atoms with Crippen LogP contribution >= 0.6 is 15.9 Å². The maximum atomic E-state index is 12.1. The second-order valence-electron chi connectivity index (χ2n) is 3.90. The fourth-order valence-corrected chi connectivity index (χ4v) is 1.95. The number of aliphatic hydroxyl groups is 2. The van der Waals surface area contributed by atoms with Crippen molar-refractivity contribution in [1.29, 1.82) is 0 Å². The third-order valence-corrected chi connectivity index (χ3v) is 2.85. The Morgan fingerprint density at radius 3 is 2.72 bits per heavy atom. The zero-order chi connectivity index (χ0) is 13.7. The first-order valence-electron chi connectivity index (χ1n) is 5.37. The Morgan fingerprint density at radius 1 is 1.50 bits per heavy atom. The monoisotopic (exact) mass is 317 g/mol. The molecular weight excluding hydrogens is 302 g/mol. The van der Waals surface area contributed by atoms with E-state index in [4.69, 9.17) is 9.84 Å². The van der Waals surface area contributed by atoms with Crippen LogP contribution in [0, 0.1) is 0 Å². The summed E-state index contributed by atoms with van der Waals surface area (Å²) in [5, 5.41) is 18.0. The van der Waals surface area contributed by atoms with E-state index in [0.29, 0.717) is 11.3 Å². The predicted octanol–water partition coefficient (Wildman–Crippen LogP) is 0.883. The lowest BCUT2D eigenvalue weighted by atomic mass is 10.2. The van der Waals surface area contributed by atoms with Gasteiger partial charge in [-0.2, -0.15) is 0 Å². The number of hydrogen-bond acceptors (Lipinski definition) is 4. The van der Waals surface area contributed by atoms with E-state index in [-0.39, 0.29) is 19.1 Å². The Bertz CT molecular complexity index is 425. The topological polar surface area (TPSA) is 70.0 Å². The second-order valence-corrected chi connectivity index (χ2v) is 4.82. The van der Waals surface area contributed by atoms with Gasteiger partial charge in [0.15, 0.2) is 0 Å². The standard InChI is InChI=1S/C12H16BrNO4/c1-14(6-10(16)7-15)12(17)8-3-9(13)5-11(4-8)18-2/h3-5,10,15-16H,6-7H2,1-2H3/t10-/m0/s1. The SMILES string of the molecule is COc1cc(Br)cc(C(=O)N(C)C[C@H](O)CO)c1. The fraction of sp³-hybridized carbons (Fsp3) is 0.417. The van der Waals surface area contributed by atoms with Gasteiger partial charge in [-0.1, -0.05) is 15.9 Å². The molecule has 0 aliphatic carbocycles. The summed E-state index contributed by atoms with van der Waals surface area (Å²) in [7, 11) is 3.09. The lowest BCUT2D eigenvalue weighted by Crippen LogP contribution is -2.35. The number of amides is 1. The Balaban J connectivity index is 2.86. The van der Waals surface area contributed by atoms with Crippen LogP contribution < -0.4 is 4.74 Å². The molecule has 0 unspecified atom stereocenters. The van der Waals surface area contributed by atoms with Crippen LogP contribution in [0.15, 0.2) is 22.7 Å². The van der Waals surface area contributed by atoms with E-state index in [2.05, 4.69) is 15.9 Å². The number of rotatable bonds is 5. The molecule has 1 rings (SSSR count). The number of carbonyl (C=O) groups is 1. The lowest BCUT2D eigenvalue weighted by Gasteiger charge is -2.20. The van der Waals surface area contributed by atoms with Crippen LogP contribution in [0.1, 0.15) is 10.4 Å². The highest BCUT2D eigenvalue weighted by Crippen LogP contribution is 2.22. The summed E-state index contributed by atoms with van der Waals surface area (Å²) in [6, 6.07) is 5.04. The van der Waals surface area contributed by atoms with Crippen LogP contribution in [0.5, 0.6) is 5.75 Å². The predicted molar refractivity (Wildman–Crippen MR) is 70.7 cm³/mol. The number of halogens is 1. The molecule has 0 aliphatic rings. The number of ether oxygens (including phenoxy) is 1. The Labute approximate surface area is 114 Å². The maximum absolute atomic E-state index is 12.1. The summed E-state index contributed by atoms with van der Waals surface area (Å²) in [6.45, 7) is -0.302. The molecular formula is C12H16BrNO4. The molecule has 5 nitrogen and oxygen atoms in total. The number of benzene rings is 1. The van der Waals surface area contributed by atoms with Gasteiger partial charge < -0.3 is 19.8 Å². The maximum Gasteiger partial charge on any atom is 0.253 e. The second kappa shape index (κ2) is 6.72. The van der Waals surface area contributed by atoms with Crippen molar-refractivity contribution in [3.8, 4) is 5.75 Å². The van der Waals surface area contributed by atoms with E-state index in [9.17, 15) is 9.90 Å². The van der Waals surface area contributed by atoms with Gasteiger partial charge in [0, 0.05) is 23.6 Å². The lowest BCUT2D eigenvalue weighted by molar-refractivity contribution is 0.0520. The fourth-order valence-electron chi connectivity index (χ4n) is 1.48. The zero-order valence-electron chi connectivity index (χ0n) is 10.3. The van der Waals surface area contributed by atoms with E-state index < -0.39 is 6.10 Å².